The zero-order valence-corrected chi connectivity index (χ0v) is 14.2. The third kappa shape index (κ3) is 2.33. The summed E-state index contributed by atoms with van der Waals surface area (Å²) in [5, 5.41) is 10.0. The van der Waals surface area contributed by atoms with Gasteiger partial charge in [-0.1, -0.05) is 50.0 Å². The molecule has 0 N–H and O–H groups in total. The summed E-state index contributed by atoms with van der Waals surface area (Å²) in [7, 11) is 0. The van der Waals surface area contributed by atoms with Gasteiger partial charge in [-0.15, -0.1) is 0 Å². The van der Waals surface area contributed by atoms with Gasteiger partial charge in [0.2, 0.25) is 0 Å². The van der Waals surface area contributed by atoms with Crippen LogP contribution in [0.3, 0.4) is 0 Å². The molecule has 2 unspecified atom stereocenters. The fourth-order valence-corrected chi connectivity index (χ4v) is 4.30. The van der Waals surface area contributed by atoms with E-state index >= 15 is 0 Å². The van der Waals surface area contributed by atoms with E-state index in [2.05, 4.69) is 31.0 Å². The van der Waals surface area contributed by atoms with E-state index in [1.54, 1.807) is 12.3 Å². The van der Waals surface area contributed by atoms with Crippen molar-refractivity contribution in [3.63, 3.8) is 0 Å². The molecule has 2 fully saturated rings. The van der Waals surface area contributed by atoms with Gasteiger partial charge in [-0.2, -0.15) is 10.2 Å². The first-order valence-corrected chi connectivity index (χ1v) is 8.15. The third-order valence-electron chi connectivity index (χ3n) is 5.85. The van der Waals surface area contributed by atoms with Crippen LogP contribution in [0.2, 0.25) is 10.0 Å². The molecule has 2 aliphatic rings. The van der Waals surface area contributed by atoms with Crippen molar-refractivity contribution in [1.29, 1.82) is 0 Å². The molecule has 0 radical (unpaired) electrons. The second-order valence-electron chi connectivity index (χ2n) is 6.95. The Bertz CT molecular complexity index is 634. The molecule has 0 heterocycles. The predicted octanol–water partition coefficient (Wildman–Crippen LogP) is 5.61. The van der Waals surface area contributed by atoms with Crippen LogP contribution in [-0.2, 0) is 0 Å². The summed E-state index contributed by atoms with van der Waals surface area (Å²) in [5.41, 5.74) is 2.61. The first-order valence-electron chi connectivity index (χ1n) is 7.40. The number of fused-ring (bicyclic) bond motifs is 2. The molecule has 0 spiro atoms. The molecule has 112 valence electrons. The molecule has 3 rings (SSSR count). The molecule has 2 atom stereocenters. The van der Waals surface area contributed by atoms with Crippen LogP contribution < -0.4 is 0 Å². The number of hydrogen-bond acceptors (Lipinski definition) is 2. The van der Waals surface area contributed by atoms with Crippen LogP contribution in [-0.4, -0.2) is 11.9 Å². The van der Waals surface area contributed by atoms with Crippen LogP contribution in [0.25, 0.3) is 0 Å². The van der Waals surface area contributed by atoms with Crippen molar-refractivity contribution in [3.05, 3.63) is 33.8 Å². The zero-order chi connectivity index (χ0) is 15.3. The summed E-state index contributed by atoms with van der Waals surface area (Å²) < 4.78 is 0. The maximum atomic E-state index is 6.14. The van der Waals surface area contributed by atoms with E-state index in [-0.39, 0.29) is 5.41 Å². The first-order chi connectivity index (χ1) is 9.84. The van der Waals surface area contributed by atoms with E-state index in [0.29, 0.717) is 15.5 Å². The number of nitrogens with zero attached hydrogens (tertiary/aromatic N) is 2. The molecule has 21 heavy (non-hydrogen) atoms. The number of benzene rings is 1. The van der Waals surface area contributed by atoms with Gasteiger partial charge < -0.3 is 0 Å². The molecule has 0 amide bonds. The minimum atomic E-state index is 0.193. The van der Waals surface area contributed by atoms with Gasteiger partial charge in [0, 0.05) is 21.7 Å². The minimum absolute atomic E-state index is 0.193. The Labute approximate surface area is 136 Å². The van der Waals surface area contributed by atoms with Gasteiger partial charge in [0.15, 0.2) is 0 Å². The monoisotopic (exact) mass is 322 g/mol. The summed E-state index contributed by atoms with van der Waals surface area (Å²) in [6.07, 6.45) is 5.33. The highest BCUT2D eigenvalue weighted by Crippen LogP contribution is 2.63. The van der Waals surface area contributed by atoms with Crippen LogP contribution in [0.4, 0.5) is 0 Å². The average Bonchev–Trinajstić information content (AvgIpc) is 2.74. The molecule has 2 nitrogen and oxygen atoms in total. The van der Waals surface area contributed by atoms with Gasteiger partial charge in [-0.25, -0.2) is 0 Å². The molecular formula is C17H20Cl2N2. The maximum absolute atomic E-state index is 6.14. The lowest BCUT2D eigenvalue weighted by Crippen LogP contribution is -2.32. The van der Waals surface area contributed by atoms with Crippen molar-refractivity contribution >= 4 is 35.1 Å². The zero-order valence-electron chi connectivity index (χ0n) is 12.7. The van der Waals surface area contributed by atoms with Crippen molar-refractivity contribution < 1.29 is 0 Å². The van der Waals surface area contributed by atoms with E-state index in [1.165, 1.54) is 18.6 Å². The number of halogens is 2. The predicted molar refractivity (Wildman–Crippen MR) is 90.7 cm³/mol. The number of rotatable bonds is 2. The Morgan fingerprint density at radius 3 is 2.57 bits per heavy atom. The van der Waals surface area contributed by atoms with E-state index in [9.17, 15) is 0 Å². The average molecular weight is 323 g/mol. The Hall–Kier alpha value is -0.860. The van der Waals surface area contributed by atoms with Crippen molar-refractivity contribution in [2.75, 3.05) is 0 Å². The quantitative estimate of drug-likeness (QED) is 0.499. The van der Waals surface area contributed by atoms with Crippen molar-refractivity contribution in [2.24, 2.45) is 27.0 Å². The summed E-state index contributed by atoms with van der Waals surface area (Å²) in [6, 6.07) is 5.39. The topological polar surface area (TPSA) is 24.7 Å². The van der Waals surface area contributed by atoms with E-state index in [1.807, 2.05) is 12.1 Å². The SMILES string of the molecule is CC12CCC(C/C1=N/N=C/c1ccc(Cl)cc1Cl)C2(C)C. The molecule has 0 aliphatic heterocycles. The van der Waals surface area contributed by atoms with Crippen LogP contribution in [0.15, 0.2) is 28.4 Å². The lowest BCUT2D eigenvalue weighted by Gasteiger charge is -2.34. The van der Waals surface area contributed by atoms with Gasteiger partial charge in [0.25, 0.3) is 0 Å². The smallest absolute Gasteiger partial charge is 0.0583 e. The highest BCUT2D eigenvalue weighted by atomic mass is 35.5. The summed E-state index contributed by atoms with van der Waals surface area (Å²) in [5.74, 6) is 0.746. The lowest BCUT2D eigenvalue weighted by molar-refractivity contribution is 0.194. The van der Waals surface area contributed by atoms with Crippen molar-refractivity contribution in [2.45, 2.75) is 40.0 Å². The van der Waals surface area contributed by atoms with Gasteiger partial charge in [0.1, 0.15) is 0 Å². The number of hydrogen-bond donors (Lipinski definition) is 0. The molecule has 1 aromatic rings. The van der Waals surface area contributed by atoms with E-state index in [4.69, 9.17) is 23.2 Å². The Balaban J connectivity index is 1.83. The van der Waals surface area contributed by atoms with Crippen LogP contribution >= 0.6 is 23.2 Å². The van der Waals surface area contributed by atoms with Gasteiger partial charge in [0.05, 0.1) is 11.2 Å². The Morgan fingerprint density at radius 2 is 2.00 bits per heavy atom. The first kappa shape index (κ1) is 15.1. The maximum Gasteiger partial charge on any atom is 0.0583 e. The largest absolute Gasteiger partial charge is 0.160 e. The molecule has 2 bridgehead atoms. The molecule has 4 heteroatoms. The molecule has 2 aliphatic carbocycles. The second kappa shape index (κ2) is 5.10. The van der Waals surface area contributed by atoms with Crippen LogP contribution in [0, 0.1) is 16.7 Å². The van der Waals surface area contributed by atoms with E-state index in [0.717, 1.165) is 17.9 Å². The van der Waals surface area contributed by atoms with Crippen molar-refractivity contribution in [1.82, 2.24) is 0 Å². The van der Waals surface area contributed by atoms with Crippen LogP contribution in [0.5, 0.6) is 0 Å². The fourth-order valence-electron chi connectivity index (χ4n) is 3.85. The minimum Gasteiger partial charge on any atom is -0.160 e. The Morgan fingerprint density at radius 1 is 1.24 bits per heavy atom. The lowest BCUT2D eigenvalue weighted by atomic mass is 9.70. The highest BCUT2D eigenvalue weighted by molar-refractivity contribution is 6.36. The van der Waals surface area contributed by atoms with Crippen molar-refractivity contribution in [3.8, 4) is 0 Å². The molecule has 1 aromatic carbocycles. The molecular weight excluding hydrogens is 303 g/mol. The fraction of sp³-hybridized carbons (Fsp3) is 0.529. The molecule has 0 aromatic heterocycles. The van der Waals surface area contributed by atoms with Gasteiger partial charge in [-0.05, 0) is 42.7 Å². The summed E-state index contributed by atoms with van der Waals surface area (Å²) in [6.45, 7) is 7.07. The van der Waals surface area contributed by atoms with Crippen LogP contribution in [0.1, 0.15) is 45.6 Å². The van der Waals surface area contributed by atoms with Gasteiger partial charge >= 0.3 is 0 Å². The summed E-state index contributed by atoms with van der Waals surface area (Å²) >= 11 is 12.0. The van der Waals surface area contributed by atoms with Gasteiger partial charge in [-0.3, -0.25) is 0 Å². The molecule has 0 saturated heterocycles. The molecule has 2 saturated carbocycles. The summed E-state index contributed by atoms with van der Waals surface area (Å²) in [4.78, 5) is 0. The normalized spacial score (nSPS) is 32.4. The standard InChI is InChI=1S/C17H20Cl2N2/c1-16(2)12-6-7-17(16,3)15(8-12)21-20-10-11-4-5-13(18)9-14(11)19/h4-5,9-10,12H,6-8H2,1-3H3/b20-10+,21-15-. The highest BCUT2D eigenvalue weighted by Gasteiger charge is 2.59. The Kier molecular flexibility index (Phi) is 3.66. The van der Waals surface area contributed by atoms with E-state index < -0.39 is 0 Å². The third-order valence-corrected chi connectivity index (χ3v) is 6.41. The second-order valence-corrected chi connectivity index (χ2v) is 7.79.